The molecular formula is C56H108O17P2. The zero-order valence-corrected chi connectivity index (χ0v) is 49.8. The molecule has 0 aliphatic rings. The fraction of sp³-hybridized carbons (Fsp3) is 0.929. The van der Waals surface area contributed by atoms with Gasteiger partial charge in [-0.3, -0.25) is 37.3 Å². The number of unbranched alkanes of at least 4 members (excludes halogenated alkanes) is 22. The number of carbonyl (C=O) groups excluding carboxylic acids is 4. The molecular weight excluding hydrogens is 1010 g/mol. The van der Waals surface area contributed by atoms with Crippen molar-refractivity contribution in [1.82, 2.24) is 0 Å². The van der Waals surface area contributed by atoms with Gasteiger partial charge in [-0.25, -0.2) is 9.13 Å². The van der Waals surface area contributed by atoms with Gasteiger partial charge < -0.3 is 33.8 Å². The highest BCUT2D eigenvalue weighted by atomic mass is 31.2. The second kappa shape index (κ2) is 48.0. The summed E-state index contributed by atoms with van der Waals surface area (Å²) in [4.78, 5) is 71.5. The summed E-state index contributed by atoms with van der Waals surface area (Å²) in [5.41, 5.74) is 0. The van der Waals surface area contributed by atoms with E-state index in [4.69, 9.17) is 37.0 Å². The molecule has 17 nitrogen and oxygen atoms in total. The average molecular weight is 1120 g/mol. The lowest BCUT2D eigenvalue weighted by Gasteiger charge is -2.21. The molecule has 0 saturated carbocycles. The summed E-state index contributed by atoms with van der Waals surface area (Å²) in [7, 11) is -9.86. The van der Waals surface area contributed by atoms with Crippen molar-refractivity contribution in [3.8, 4) is 0 Å². The molecule has 19 heteroatoms. The molecule has 0 fully saturated rings. The van der Waals surface area contributed by atoms with Gasteiger partial charge in [-0.2, -0.15) is 0 Å². The Balaban J connectivity index is 5.19. The van der Waals surface area contributed by atoms with Gasteiger partial charge >= 0.3 is 39.5 Å². The fourth-order valence-electron chi connectivity index (χ4n) is 8.07. The lowest BCUT2D eigenvalue weighted by molar-refractivity contribution is -0.161. The van der Waals surface area contributed by atoms with Gasteiger partial charge in [0.05, 0.1) is 26.4 Å². The second-order valence-electron chi connectivity index (χ2n) is 21.8. The first-order valence-electron chi connectivity index (χ1n) is 29.3. The lowest BCUT2D eigenvalue weighted by Crippen LogP contribution is -2.30. The van der Waals surface area contributed by atoms with E-state index in [-0.39, 0.29) is 25.7 Å². The minimum Gasteiger partial charge on any atom is -0.462 e. The highest BCUT2D eigenvalue weighted by molar-refractivity contribution is 7.47. The number of aliphatic hydroxyl groups excluding tert-OH is 1. The van der Waals surface area contributed by atoms with Crippen molar-refractivity contribution in [3.05, 3.63) is 0 Å². The van der Waals surface area contributed by atoms with Crippen LogP contribution in [0, 0.1) is 17.8 Å². The predicted molar refractivity (Wildman–Crippen MR) is 294 cm³/mol. The second-order valence-corrected chi connectivity index (χ2v) is 24.7. The summed E-state index contributed by atoms with van der Waals surface area (Å²) in [6.45, 7) is 11.4. The first-order valence-corrected chi connectivity index (χ1v) is 32.3. The van der Waals surface area contributed by atoms with Crippen LogP contribution in [0.1, 0.15) is 260 Å². The van der Waals surface area contributed by atoms with Gasteiger partial charge in [-0.05, 0) is 43.4 Å². The van der Waals surface area contributed by atoms with Crippen molar-refractivity contribution in [2.45, 2.75) is 279 Å². The third kappa shape index (κ3) is 51.3. The van der Waals surface area contributed by atoms with Gasteiger partial charge in [-0.1, -0.05) is 209 Å². The first-order chi connectivity index (χ1) is 35.7. The Morgan fingerprint density at radius 2 is 0.613 bits per heavy atom. The number of aliphatic hydroxyl groups is 1. The Labute approximate surface area is 454 Å². The summed E-state index contributed by atoms with van der Waals surface area (Å²) in [6.07, 6.45) is 25.9. The lowest BCUT2D eigenvalue weighted by atomic mass is 10.0. The maximum Gasteiger partial charge on any atom is 0.472 e. The SMILES string of the molecule is CCCCCCCC(=O)OC[C@H](COP(=O)(O)OC[C@H](O)COP(=O)(O)OC[C@@H](COC(=O)CCCCCCCCCC(C)C)OC(=O)CCCCCCCCCC(C)C)OC(=O)CCCCCCCCCC(C)C. The standard InChI is InChI=1S/C56H108O17P2/c1-8-9-10-20-30-37-53(58)66-43-51(72-55(60)39-32-25-18-12-15-22-28-35-48(4)5)45-70-74(62,63)68-41-50(57)42-69-75(64,65)71-46-52(73-56(61)40-33-26-19-13-16-23-29-36-49(6)7)44-67-54(59)38-31-24-17-11-14-21-27-34-47(2)3/h47-52,57H,8-46H2,1-7H3,(H,62,63)(H,64,65)/t50-,51+,52+/m0/s1. The average Bonchev–Trinajstić information content (AvgIpc) is 3.34. The van der Waals surface area contributed by atoms with Crippen molar-refractivity contribution in [3.63, 3.8) is 0 Å². The summed E-state index contributed by atoms with van der Waals surface area (Å²) < 4.78 is 67.4. The van der Waals surface area contributed by atoms with Crippen molar-refractivity contribution in [2.75, 3.05) is 39.6 Å². The Morgan fingerprint density at radius 3 is 0.907 bits per heavy atom. The quantitative estimate of drug-likeness (QED) is 0.0222. The molecule has 3 N–H and O–H groups in total. The van der Waals surface area contributed by atoms with Crippen LogP contribution in [0.4, 0.5) is 0 Å². The minimum atomic E-state index is -4.93. The van der Waals surface area contributed by atoms with Crippen LogP contribution in [0.5, 0.6) is 0 Å². The van der Waals surface area contributed by atoms with Gasteiger partial charge in [0.15, 0.2) is 12.2 Å². The number of phosphoric acid groups is 2. The van der Waals surface area contributed by atoms with Crippen molar-refractivity contribution >= 4 is 39.5 Å². The fourth-order valence-corrected chi connectivity index (χ4v) is 9.65. The van der Waals surface area contributed by atoms with Crippen LogP contribution in [-0.2, 0) is 65.4 Å². The van der Waals surface area contributed by atoms with E-state index >= 15 is 0 Å². The third-order valence-electron chi connectivity index (χ3n) is 12.6. The smallest absolute Gasteiger partial charge is 0.462 e. The Kier molecular flexibility index (Phi) is 46.8. The minimum absolute atomic E-state index is 0.102. The molecule has 0 spiro atoms. The molecule has 0 rings (SSSR count). The normalized spacial score (nSPS) is 14.6. The van der Waals surface area contributed by atoms with E-state index in [2.05, 4.69) is 48.5 Å². The summed E-state index contributed by atoms with van der Waals surface area (Å²) in [6, 6.07) is 0. The highest BCUT2D eigenvalue weighted by Gasteiger charge is 2.30. The van der Waals surface area contributed by atoms with Crippen molar-refractivity contribution < 1.29 is 80.2 Å². The molecule has 444 valence electrons. The van der Waals surface area contributed by atoms with Crippen LogP contribution in [0.3, 0.4) is 0 Å². The van der Waals surface area contributed by atoms with E-state index in [1.807, 2.05) is 0 Å². The number of ether oxygens (including phenoxy) is 4. The predicted octanol–water partition coefficient (Wildman–Crippen LogP) is 14.4. The number of hydrogen-bond donors (Lipinski definition) is 3. The number of carbonyl (C=O) groups is 4. The molecule has 0 aromatic rings. The van der Waals surface area contributed by atoms with Crippen LogP contribution >= 0.6 is 15.6 Å². The van der Waals surface area contributed by atoms with E-state index in [1.54, 1.807) is 0 Å². The molecule has 0 heterocycles. The maximum absolute atomic E-state index is 12.9. The van der Waals surface area contributed by atoms with Crippen molar-refractivity contribution in [1.29, 1.82) is 0 Å². The zero-order valence-electron chi connectivity index (χ0n) is 48.0. The summed E-state index contributed by atoms with van der Waals surface area (Å²) in [5.74, 6) is -0.0657. The molecule has 5 atom stereocenters. The van der Waals surface area contributed by atoms with Crippen LogP contribution in [0.15, 0.2) is 0 Å². The van der Waals surface area contributed by atoms with Gasteiger partial charge in [0.1, 0.15) is 19.3 Å². The van der Waals surface area contributed by atoms with Gasteiger partial charge in [0, 0.05) is 25.7 Å². The molecule has 75 heavy (non-hydrogen) atoms. The van der Waals surface area contributed by atoms with E-state index in [0.717, 1.165) is 103 Å². The highest BCUT2D eigenvalue weighted by Crippen LogP contribution is 2.45. The maximum atomic E-state index is 12.9. The third-order valence-corrected chi connectivity index (χ3v) is 14.5. The van der Waals surface area contributed by atoms with Crippen molar-refractivity contribution in [2.24, 2.45) is 17.8 Å². The molecule has 0 aromatic carbocycles. The Bertz CT molecular complexity index is 1510. The zero-order chi connectivity index (χ0) is 56.0. The first kappa shape index (κ1) is 73.1. The molecule has 0 aliphatic heterocycles. The van der Waals surface area contributed by atoms with Gasteiger partial charge in [0.2, 0.25) is 0 Å². The molecule has 0 aromatic heterocycles. The number of rotatable bonds is 54. The number of esters is 4. The van der Waals surface area contributed by atoms with Crippen LogP contribution < -0.4 is 0 Å². The summed E-state index contributed by atoms with van der Waals surface area (Å²) >= 11 is 0. The molecule has 0 radical (unpaired) electrons. The van der Waals surface area contributed by atoms with Gasteiger partial charge in [-0.15, -0.1) is 0 Å². The van der Waals surface area contributed by atoms with Crippen LogP contribution in [0.2, 0.25) is 0 Å². The van der Waals surface area contributed by atoms with E-state index < -0.39 is 97.5 Å². The Hall–Kier alpha value is -1.94. The van der Waals surface area contributed by atoms with E-state index in [0.29, 0.717) is 43.4 Å². The van der Waals surface area contributed by atoms with E-state index in [9.17, 15) is 43.2 Å². The molecule has 2 unspecified atom stereocenters. The van der Waals surface area contributed by atoms with E-state index in [1.165, 1.54) is 57.8 Å². The van der Waals surface area contributed by atoms with Crippen LogP contribution in [-0.4, -0.2) is 96.7 Å². The molecule has 0 saturated heterocycles. The largest absolute Gasteiger partial charge is 0.472 e. The van der Waals surface area contributed by atoms with Crippen LogP contribution in [0.25, 0.3) is 0 Å². The summed E-state index contributed by atoms with van der Waals surface area (Å²) in [5, 5.41) is 10.5. The molecule has 0 aliphatic carbocycles. The Morgan fingerprint density at radius 1 is 0.360 bits per heavy atom. The molecule has 0 amide bonds. The van der Waals surface area contributed by atoms with Gasteiger partial charge in [0.25, 0.3) is 0 Å². The topological polar surface area (TPSA) is 237 Å². The molecule has 0 bridgehead atoms. The number of hydrogen-bond acceptors (Lipinski definition) is 15. The number of phosphoric ester groups is 2. The monoisotopic (exact) mass is 1110 g/mol.